The van der Waals surface area contributed by atoms with Crippen molar-refractivity contribution in [2.75, 3.05) is 0 Å². The Bertz CT molecular complexity index is 950. The van der Waals surface area contributed by atoms with E-state index in [2.05, 4.69) is 10.1 Å². The molecule has 3 rings (SSSR count). The number of imidazole rings is 1. The average Bonchev–Trinajstić information content (AvgIpc) is 2.96. The third-order valence-electron chi connectivity index (χ3n) is 2.84. The number of nitro groups is 1. The monoisotopic (exact) mass is 357 g/mol. The van der Waals surface area contributed by atoms with E-state index in [4.69, 9.17) is 17.4 Å². The Kier molecular flexibility index (Phi) is 3.40. The van der Waals surface area contributed by atoms with Crippen LogP contribution in [0.2, 0.25) is 0 Å². The Morgan fingerprint density at radius 1 is 1.50 bits per heavy atom. The molecule has 2 aromatic rings. The molecule has 0 amide bonds. The Balaban J connectivity index is 2.07. The molecule has 114 valence electrons. The maximum absolute atomic E-state index is 11.2. The molecule has 0 fully saturated rings. The maximum atomic E-state index is 11.2. The molecule has 22 heavy (non-hydrogen) atoms. The number of rotatable bonds is 3. The number of hydrogen-bond donors (Lipinski definition) is 1. The number of nitrogens with two attached hydrogens (primary N) is 1. The van der Waals surface area contributed by atoms with E-state index >= 15 is 0 Å². The quantitative estimate of drug-likeness (QED) is 0.487. The van der Waals surface area contributed by atoms with Crippen LogP contribution in [0.15, 0.2) is 28.4 Å². The summed E-state index contributed by atoms with van der Waals surface area (Å²) in [7, 11) is -3.90. The van der Waals surface area contributed by atoms with Gasteiger partial charge in [-0.2, -0.15) is 0 Å². The van der Waals surface area contributed by atoms with Crippen LogP contribution in [0, 0.1) is 10.1 Å². The van der Waals surface area contributed by atoms with Crippen LogP contribution in [0.3, 0.4) is 0 Å². The number of allylic oxidation sites excluding steroid dienone is 3. The van der Waals surface area contributed by atoms with Gasteiger partial charge in [0.1, 0.15) is 0 Å². The molecule has 1 aliphatic carbocycles. The second-order valence-corrected chi connectivity index (χ2v) is 7.52. The van der Waals surface area contributed by atoms with Gasteiger partial charge in [-0.15, -0.1) is 5.10 Å². The number of nitrogens with zero attached hydrogens (tertiary/aromatic N) is 4. The van der Waals surface area contributed by atoms with Crippen LogP contribution in [-0.4, -0.2) is 32.8 Å². The fourth-order valence-electron chi connectivity index (χ4n) is 1.87. The van der Waals surface area contributed by atoms with Gasteiger partial charge in [0, 0.05) is 22.9 Å². The summed E-state index contributed by atoms with van der Waals surface area (Å²) in [6.45, 7) is 0. The SMILES string of the molecule is NS(=O)(=O)c1nn2cc(C3=CC([N+](=O)[O-])=CCC3=S)nc2s1. The highest BCUT2D eigenvalue weighted by Crippen LogP contribution is 2.27. The minimum atomic E-state index is -3.90. The van der Waals surface area contributed by atoms with E-state index in [1.54, 1.807) is 0 Å². The van der Waals surface area contributed by atoms with Gasteiger partial charge in [0.2, 0.25) is 9.30 Å². The Morgan fingerprint density at radius 2 is 2.23 bits per heavy atom. The van der Waals surface area contributed by atoms with Crippen molar-refractivity contribution in [3.05, 3.63) is 39.9 Å². The first-order valence-corrected chi connectivity index (χ1v) is 8.51. The molecule has 2 N–H and O–H groups in total. The summed E-state index contributed by atoms with van der Waals surface area (Å²) in [4.78, 5) is 15.4. The van der Waals surface area contributed by atoms with Gasteiger partial charge in [0.25, 0.3) is 15.7 Å². The van der Waals surface area contributed by atoms with Crippen molar-refractivity contribution in [1.29, 1.82) is 0 Å². The van der Waals surface area contributed by atoms with Gasteiger partial charge in [-0.25, -0.2) is 23.1 Å². The number of primary sulfonamides is 1. The van der Waals surface area contributed by atoms with Gasteiger partial charge in [-0.1, -0.05) is 23.6 Å². The molecule has 2 heterocycles. The van der Waals surface area contributed by atoms with E-state index in [0.29, 0.717) is 21.1 Å². The van der Waals surface area contributed by atoms with Gasteiger partial charge < -0.3 is 0 Å². The maximum Gasteiger partial charge on any atom is 0.267 e. The van der Waals surface area contributed by atoms with E-state index in [-0.39, 0.29) is 16.5 Å². The number of fused-ring (bicyclic) bond motifs is 1. The second-order valence-electron chi connectivity index (χ2n) is 4.34. The van der Waals surface area contributed by atoms with Crippen molar-refractivity contribution >= 4 is 49.0 Å². The van der Waals surface area contributed by atoms with Gasteiger partial charge >= 0.3 is 0 Å². The summed E-state index contributed by atoms with van der Waals surface area (Å²) in [6, 6.07) is 0. The zero-order valence-corrected chi connectivity index (χ0v) is 13.1. The highest BCUT2D eigenvalue weighted by molar-refractivity contribution is 7.91. The lowest BCUT2D eigenvalue weighted by atomic mass is 10.0. The molecule has 0 atom stereocenters. The zero-order valence-electron chi connectivity index (χ0n) is 10.7. The fraction of sp³-hybridized carbons (Fsp3) is 0.100. The van der Waals surface area contributed by atoms with E-state index in [0.717, 1.165) is 11.3 Å². The largest absolute Gasteiger partial charge is 0.267 e. The van der Waals surface area contributed by atoms with Crippen LogP contribution in [-0.2, 0) is 10.0 Å². The molecule has 0 spiro atoms. The van der Waals surface area contributed by atoms with Crippen LogP contribution in [0.25, 0.3) is 10.5 Å². The predicted octanol–water partition coefficient (Wildman–Crippen LogP) is 0.756. The van der Waals surface area contributed by atoms with Gasteiger partial charge in [0.05, 0.1) is 16.8 Å². The lowest BCUT2D eigenvalue weighted by Gasteiger charge is -2.08. The summed E-state index contributed by atoms with van der Waals surface area (Å²) < 4.78 is 23.5. The van der Waals surface area contributed by atoms with Crippen molar-refractivity contribution in [3.8, 4) is 0 Å². The van der Waals surface area contributed by atoms with Crippen LogP contribution < -0.4 is 5.14 Å². The molecule has 9 nitrogen and oxygen atoms in total. The van der Waals surface area contributed by atoms with Gasteiger partial charge in [-0.05, 0) is 6.08 Å². The minimum Gasteiger partial charge on any atom is -0.258 e. The van der Waals surface area contributed by atoms with Crippen molar-refractivity contribution in [2.24, 2.45) is 5.14 Å². The Hall–Kier alpha value is -2.02. The smallest absolute Gasteiger partial charge is 0.258 e. The lowest BCUT2D eigenvalue weighted by molar-refractivity contribution is -0.419. The predicted molar refractivity (Wildman–Crippen MR) is 82.5 cm³/mol. The third kappa shape index (κ3) is 2.56. The molecule has 2 aromatic heterocycles. The molecule has 12 heteroatoms. The first-order chi connectivity index (χ1) is 10.3. The van der Waals surface area contributed by atoms with Crippen LogP contribution in [0.5, 0.6) is 0 Å². The van der Waals surface area contributed by atoms with Crippen molar-refractivity contribution in [3.63, 3.8) is 0 Å². The highest BCUT2D eigenvalue weighted by atomic mass is 32.2. The summed E-state index contributed by atoms with van der Waals surface area (Å²) in [5, 5.41) is 19.7. The molecule has 0 unspecified atom stereocenters. The van der Waals surface area contributed by atoms with Crippen LogP contribution in [0.1, 0.15) is 12.1 Å². The number of aromatic nitrogens is 3. The molecule has 0 aromatic carbocycles. The number of hydrogen-bond acceptors (Lipinski definition) is 8. The number of sulfonamides is 1. The molecule has 0 bridgehead atoms. The summed E-state index contributed by atoms with van der Waals surface area (Å²) in [5.74, 6) is 0. The third-order valence-corrected chi connectivity index (χ3v) is 5.46. The Morgan fingerprint density at radius 3 is 2.82 bits per heavy atom. The van der Waals surface area contributed by atoms with Gasteiger partial charge in [0.15, 0.2) is 0 Å². The van der Waals surface area contributed by atoms with E-state index in [1.165, 1.54) is 22.9 Å². The van der Waals surface area contributed by atoms with Crippen molar-refractivity contribution < 1.29 is 13.3 Å². The van der Waals surface area contributed by atoms with E-state index < -0.39 is 14.9 Å². The fourth-order valence-corrected chi connectivity index (χ4v) is 3.62. The average molecular weight is 357 g/mol. The summed E-state index contributed by atoms with van der Waals surface area (Å²) >= 11 is 6.00. The lowest BCUT2D eigenvalue weighted by Crippen LogP contribution is -2.12. The Labute approximate surface area is 133 Å². The number of thiocarbonyl (C=S) groups is 1. The highest BCUT2D eigenvalue weighted by Gasteiger charge is 2.23. The molecular formula is C10H7N5O4S3. The zero-order chi connectivity index (χ0) is 16.1. The molecular weight excluding hydrogens is 350 g/mol. The topological polar surface area (TPSA) is 133 Å². The molecule has 1 aliphatic rings. The first-order valence-electron chi connectivity index (χ1n) is 5.74. The van der Waals surface area contributed by atoms with E-state index in [1.807, 2.05) is 0 Å². The van der Waals surface area contributed by atoms with E-state index in [9.17, 15) is 18.5 Å². The molecule has 0 aliphatic heterocycles. The first kappa shape index (κ1) is 14.9. The standard InChI is InChI=1S/C10H7N5O4S3/c11-22(18,19)10-13-14-4-7(12-9(14)21-10)6-3-5(15(16)17)1-2-8(6)20/h1,3-4H,2H2,(H2,11,18,19). The molecule has 0 saturated carbocycles. The summed E-state index contributed by atoms with van der Waals surface area (Å²) in [6.07, 6.45) is 4.51. The second kappa shape index (κ2) is 5.01. The minimum absolute atomic E-state index is 0.0573. The molecule has 0 radical (unpaired) electrons. The van der Waals surface area contributed by atoms with Crippen LogP contribution >= 0.6 is 23.6 Å². The van der Waals surface area contributed by atoms with Gasteiger partial charge in [-0.3, -0.25) is 10.1 Å². The van der Waals surface area contributed by atoms with Crippen LogP contribution in [0.4, 0.5) is 0 Å². The molecule has 0 saturated heterocycles. The van der Waals surface area contributed by atoms with Crippen molar-refractivity contribution in [1.82, 2.24) is 14.6 Å². The van der Waals surface area contributed by atoms with Crippen molar-refractivity contribution in [2.45, 2.75) is 10.8 Å². The summed E-state index contributed by atoms with van der Waals surface area (Å²) in [5.41, 5.74) is 0.800. The normalized spacial score (nSPS) is 15.8.